The van der Waals surface area contributed by atoms with Gasteiger partial charge < -0.3 is 9.64 Å². The maximum atomic E-state index is 12.8. The molecule has 0 N–H and O–H groups in total. The summed E-state index contributed by atoms with van der Waals surface area (Å²) in [6.07, 6.45) is 1.24. The van der Waals surface area contributed by atoms with E-state index in [1.807, 2.05) is 31.2 Å². The van der Waals surface area contributed by atoms with Crippen LogP contribution in [0.15, 0.2) is 42.6 Å². The fourth-order valence-electron chi connectivity index (χ4n) is 2.87. The molecule has 0 spiro atoms. The van der Waals surface area contributed by atoms with Gasteiger partial charge >= 0.3 is 5.97 Å². The highest BCUT2D eigenvalue weighted by Gasteiger charge is 2.34. The van der Waals surface area contributed by atoms with E-state index in [0.717, 1.165) is 17.7 Å². The Morgan fingerprint density at radius 2 is 2.04 bits per heavy atom. The van der Waals surface area contributed by atoms with Crippen LogP contribution in [0.3, 0.4) is 0 Å². The van der Waals surface area contributed by atoms with Crippen LogP contribution in [0.1, 0.15) is 29.8 Å². The van der Waals surface area contributed by atoms with E-state index in [1.54, 1.807) is 11.8 Å². The van der Waals surface area contributed by atoms with Gasteiger partial charge in [0, 0.05) is 17.9 Å². The van der Waals surface area contributed by atoms with Gasteiger partial charge in [-0.2, -0.15) is 0 Å². The van der Waals surface area contributed by atoms with Crippen LogP contribution < -0.4 is 4.90 Å². The molecule has 1 amide bonds. The average molecular weight is 345 g/mol. The van der Waals surface area contributed by atoms with Gasteiger partial charge in [-0.25, -0.2) is 9.78 Å². The second-order valence-corrected chi connectivity index (χ2v) is 6.19. The molecule has 0 aliphatic carbocycles. The fourth-order valence-corrected chi connectivity index (χ4v) is 2.98. The largest absolute Gasteiger partial charge is 0.449 e. The lowest BCUT2D eigenvalue weighted by atomic mass is 10.1. The number of para-hydroxylation sites is 1. The van der Waals surface area contributed by atoms with E-state index >= 15 is 0 Å². The number of rotatable bonds is 3. The van der Waals surface area contributed by atoms with Crippen molar-refractivity contribution in [3.05, 3.63) is 58.9 Å². The van der Waals surface area contributed by atoms with E-state index in [2.05, 4.69) is 4.98 Å². The van der Waals surface area contributed by atoms with E-state index < -0.39 is 12.1 Å². The van der Waals surface area contributed by atoms with Gasteiger partial charge in [0.1, 0.15) is 5.15 Å². The minimum Gasteiger partial charge on any atom is -0.449 e. The van der Waals surface area contributed by atoms with Crippen LogP contribution in [0.2, 0.25) is 5.15 Å². The number of halogens is 1. The second kappa shape index (κ2) is 6.61. The number of pyridine rings is 1. The minimum absolute atomic E-state index is 0.0354. The van der Waals surface area contributed by atoms with Gasteiger partial charge in [0.25, 0.3) is 5.91 Å². The molecule has 2 heterocycles. The second-order valence-electron chi connectivity index (χ2n) is 5.81. The number of ether oxygens (including phenoxy) is 1. The van der Waals surface area contributed by atoms with Crippen molar-refractivity contribution >= 4 is 29.2 Å². The first-order valence-corrected chi connectivity index (χ1v) is 8.08. The molecule has 0 saturated heterocycles. The Labute approximate surface area is 145 Å². The highest BCUT2D eigenvalue weighted by Crippen LogP contribution is 2.32. The predicted octanol–water partition coefficient (Wildman–Crippen LogP) is 3.26. The Balaban J connectivity index is 1.73. The van der Waals surface area contributed by atoms with Crippen molar-refractivity contribution in [1.82, 2.24) is 4.98 Å². The molecular formula is C18H17ClN2O3. The average Bonchev–Trinajstić information content (AvgIpc) is 2.90. The molecule has 1 aromatic carbocycles. The highest BCUT2D eigenvalue weighted by atomic mass is 35.5. The van der Waals surface area contributed by atoms with Crippen molar-refractivity contribution in [3.63, 3.8) is 0 Å². The summed E-state index contributed by atoms with van der Waals surface area (Å²) in [5, 5.41) is 0.290. The molecule has 0 fully saturated rings. The maximum Gasteiger partial charge on any atom is 0.340 e. The number of fused-ring (bicyclic) bond motifs is 1. The van der Waals surface area contributed by atoms with Gasteiger partial charge in [0.2, 0.25) is 0 Å². The topological polar surface area (TPSA) is 59.5 Å². The molecule has 0 radical (unpaired) electrons. The Morgan fingerprint density at radius 1 is 1.29 bits per heavy atom. The normalized spacial score (nSPS) is 17.3. The lowest BCUT2D eigenvalue weighted by Crippen LogP contribution is -2.43. The molecule has 0 bridgehead atoms. The number of hydrogen-bond acceptors (Lipinski definition) is 4. The van der Waals surface area contributed by atoms with Crippen molar-refractivity contribution in [2.75, 3.05) is 4.90 Å². The lowest BCUT2D eigenvalue weighted by molar-refractivity contribution is -0.126. The molecule has 0 saturated carbocycles. The number of nitrogens with zero attached hydrogens (tertiary/aromatic N) is 2. The van der Waals surface area contributed by atoms with Gasteiger partial charge in [-0.05, 0) is 44.0 Å². The van der Waals surface area contributed by atoms with E-state index in [0.29, 0.717) is 0 Å². The number of aromatic nitrogens is 1. The molecule has 0 unspecified atom stereocenters. The monoisotopic (exact) mass is 344 g/mol. The number of benzene rings is 1. The van der Waals surface area contributed by atoms with E-state index in [-0.39, 0.29) is 22.7 Å². The van der Waals surface area contributed by atoms with Gasteiger partial charge in [-0.3, -0.25) is 4.79 Å². The Hall–Kier alpha value is -2.40. The summed E-state index contributed by atoms with van der Waals surface area (Å²) in [4.78, 5) is 30.4. The van der Waals surface area contributed by atoms with Crippen LogP contribution in [0, 0.1) is 0 Å². The van der Waals surface area contributed by atoms with Crippen LogP contribution in [0.4, 0.5) is 5.69 Å². The molecule has 124 valence electrons. The third-order valence-electron chi connectivity index (χ3n) is 4.04. The zero-order chi connectivity index (χ0) is 17.3. The summed E-state index contributed by atoms with van der Waals surface area (Å²) in [5.74, 6) is -0.831. The van der Waals surface area contributed by atoms with Crippen molar-refractivity contribution in [2.45, 2.75) is 32.4 Å². The summed E-state index contributed by atoms with van der Waals surface area (Å²) in [6, 6.07) is 10.8. The van der Waals surface area contributed by atoms with Crippen LogP contribution in [-0.4, -0.2) is 29.0 Å². The van der Waals surface area contributed by atoms with Crippen molar-refractivity contribution < 1.29 is 14.3 Å². The van der Waals surface area contributed by atoms with E-state index in [9.17, 15) is 9.59 Å². The van der Waals surface area contributed by atoms with Crippen molar-refractivity contribution in [3.8, 4) is 0 Å². The van der Waals surface area contributed by atoms with Crippen LogP contribution in [-0.2, 0) is 16.0 Å². The van der Waals surface area contributed by atoms with Crippen LogP contribution in [0.25, 0.3) is 0 Å². The summed E-state index contributed by atoms with van der Waals surface area (Å²) in [6.45, 7) is 3.56. The van der Waals surface area contributed by atoms with Gasteiger partial charge in [-0.1, -0.05) is 29.8 Å². The van der Waals surface area contributed by atoms with Crippen LogP contribution >= 0.6 is 11.6 Å². The molecule has 3 rings (SSSR count). The first-order valence-electron chi connectivity index (χ1n) is 7.71. The zero-order valence-corrected chi connectivity index (χ0v) is 14.2. The zero-order valence-electron chi connectivity index (χ0n) is 13.4. The van der Waals surface area contributed by atoms with E-state index in [1.165, 1.54) is 18.3 Å². The lowest BCUT2D eigenvalue weighted by Gasteiger charge is -2.25. The number of hydrogen-bond donors (Lipinski definition) is 0. The van der Waals surface area contributed by atoms with Crippen molar-refractivity contribution in [1.29, 1.82) is 0 Å². The number of amides is 1. The summed E-state index contributed by atoms with van der Waals surface area (Å²) >= 11 is 5.70. The smallest absolute Gasteiger partial charge is 0.340 e. The van der Waals surface area contributed by atoms with Crippen LogP contribution in [0.5, 0.6) is 0 Å². The molecule has 1 aliphatic rings. The molecule has 5 nitrogen and oxygen atoms in total. The Bertz CT molecular complexity index is 776. The number of carbonyl (C=O) groups is 2. The molecule has 6 heteroatoms. The number of carbonyl (C=O) groups excluding carboxylic acids is 2. The molecule has 1 aliphatic heterocycles. The molecule has 2 aromatic rings. The molecule has 1 aromatic heterocycles. The standard InChI is InChI=1S/C18H17ClN2O3/c1-11-9-13-5-3-4-6-15(13)21(11)17(22)12(2)24-18(23)14-7-8-16(19)20-10-14/h3-8,10-12H,9H2,1-2H3/t11-,12-/m1/s1. The molecule has 2 atom stereocenters. The number of anilines is 1. The van der Waals surface area contributed by atoms with Gasteiger partial charge in [0.05, 0.1) is 5.56 Å². The Morgan fingerprint density at radius 3 is 2.75 bits per heavy atom. The third-order valence-corrected chi connectivity index (χ3v) is 4.26. The Kier molecular flexibility index (Phi) is 4.53. The SMILES string of the molecule is C[C@@H]1Cc2ccccc2N1C(=O)[C@@H](C)OC(=O)c1ccc(Cl)nc1. The maximum absolute atomic E-state index is 12.8. The fraction of sp³-hybridized carbons (Fsp3) is 0.278. The van der Waals surface area contributed by atoms with Gasteiger partial charge in [0.15, 0.2) is 6.10 Å². The third kappa shape index (κ3) is 3.12. The molecular weight excluding hydrogens is 328 g/mol. The number of esters is 1. The van der Waals surface area contributed by atoms with Crippen molar-refractivity contribution in [2.24, 2.45) is 0 Å². The first kappa shape index (κ1) is 16.5. The highest BCUT2D eigenvalue weighted by molar-refractivity contribution is 6.29. The van der Waals surface area contributed by atoms with E-state index in [4.69, 9.17) is 16.3 Å². The quantitative estimate of drug-likeness (QED) is 0.633. The summed E-state index contributed by atoms with van der Waals surface area (Å²) < 4.78 is 5.30. The summed E-state index contributed by atoms with van der Waals surface area (Å²) in [5.41, 5.74) is 2.26. The van der Waals surface area contributed by atoms with Gasteiger partial charge in [-0.15, -0.1) is 0 Å². The molecule has 24 heavy (non-hydrogen) atoms. The minimum atomic E-state index is -0.887. The predicted molar refractivity (Wildman–Crippen MR) is 91.2 cm³/mol. The first-order chi connectivity index (χ1) is 11.5. The summed E-state index contributed by atoms with van der Waals surface area (Å²) in [7, 11) is 0.